The molecule has 62 valence electrons. The van der Waals surface area contributed by atoms with Crippen LogP contribution in [0.3, 0.4) is 0 Å². The molecular formula is C9H10NO2+. The molecule has 0 aliphatic rings. The Morgan fingerprint density at radius 3 is 2.92 bits per heavy atom. The summed E-state index contributed by atoms with van der Waals surface area (Å²) in [5.41, 5.74) is 6.82. The summed E-state index contributed by atoms with van der Waals surface area (Å²) < 4.78 is 4.51. The van der Waals surface area contributed by atoms with Gasteiger partial charge >= 0.3 is 5.95 Å². The summed E-state index contributed by atoms with van der Waals surface area (Å²) in [5.74, 6) is -0.249. The number of ether oxygens (including phenoxy) is 1. The van der Waals surface area contributed by atoms with Crippen molar-refractivity contribution in [1.29, 1.82) is 0 Å². The Kier molecular flexibility index (Phi) is 2.51. The molecule has 0 amide bonds. The molecule has 0 atom stereocenters. The van der Waals surface area contributed by atoms with Gasteiger partial charge in [-0.25, -0.2) is 0 Å². The van der Waals surface area contributed by atoms with E-state index in [2.05, 4.69) is 10.8 Å². The molecule has 1 rings (SSSR count). The topological polar surface area (TPSA) is 55.5 Å². The van der Waals surface area contributed by atoms with E-state index in [9.17, 15) is 0 Å². The van der Waals surface area contributed by atoms with E-state index in [4.69, 9.17) is 10.8 Å². The average Bonchev–Trinajstić information content (AvgIpc) is 2.04. The van der Waals surface area contributed by atoms with Crippen molar-refractivity contribution in [2.45, 2.75) is 0 Å². The molecule has 0 aliphatic heterocycles. The second kappa shape index (κ2) is 3.60. The molecule has 12 heavy (non-hydrogen) atoms. The summed E-state index contributed by atoms with van der Waals surface area (Å²) >= 11 is 0. The molecule has 3 heteroatoms. The zero-order valence-corrected chi connectivity index (χ0v) is 6.74. The van der Waals surface area contributed by atoms with E-state index < -0.39 is 0 Å². The number of aliphatic hydroxyl groups is 1. The number of benzene rings is 1. The van der Waals surface area contributed by atoms with Gasteiger partial charge in [-0.15, -0.1) is 0 Å². The first-order valence-corrected chi connectivity index (χ1v) is 3.45. The average molecular weight is 164 g/mol. The summed E-state index contributed by atoms with van der Waals surface area (Å²) in [6.45, 7) is 0. The number of hydrogen-bond acceptors (Lipinski definition) is 3. The second-order valence-electron chi connectivity index (χ2n) is 2.26. The maximum Gasteiger partial charge on any atom is 0.400 e. The minimum Gasteiger partial charge on any atom is -0.464 e. The molecule has 3 nitrogen and oxygen atoms in total. The third-order valence-electron chi connectivity index (χ3n) is 1.33. The first-order valence-electron chi connectivity index (χ1n) is 3.45. The van der Waals surface area contributed by atoms with Crippen LogP contribution in [0.15, 0.2) is 30.2 Å². The number of hydrogen-bond donors (Lipinski definition) is 2. The van der Waals surface area contributed by atoms with Gasteiger partial charge in [-0.3, -0.25) is 0 Å². The maximum atomic E-state index is 8.94. The number of aliphatic hydroxyl groups excluding tert-OH is 1. The lowest BCUT2D eigenvalue weighted by molar-refractivity contribution is 0.134. The van der Waals surface area contributed by atoms with E-state index >= 15 is 0 Å². The molecule has 0 unspecified atom stereocenters. The number of nitrogens with two attached hydrogens (primary N) is 1. The van der Waals surface area contributed by atoms with Crippen LogP contribution >= 0.6 is 0 Å². The molecule has 1 aromatic rings. The van der Waals surface area contributed by atoms with E-state index in [0.717, 1.165) is 0 Å². The molecule has 1 aromatic carbocycles. The lowest BCUT2D eigenvalue weighted by Crippen LogP contribution is -1.88. The Hall–Kier alpha value is -1.73. The van der Waals surface area contributed by atoms with Gasteiger partial charge in [-0.05, 0) is 12.1 Å². The van der Waals surface area contributed by atoms with Crippen molar-refractivity contribution in [3.8, 4) is 0 Å². The van der Waals surface area contributed by atoms with Gasteiger partial charge in [0.05, 0.1) is 24.9 Å². The molecular weight excluding hydrogens is 154 g/mol. The van der Waals surface area contributed by atoms with Crippen molar-refractivity contribution in [2.24, 2.45) is 0 Å². The smallest absolute Gasteiger partial charge is 0.400 e. The molecule has 0 aliphatic carbocycles. The van der Waals surface area contributed by atoms with Crippen LogP contribution in [0.4, 0.5) is 5.69 Å². The minimum atomic E-state index is -0.249. The van der Waals surface area contributed by atoms with Crippen molar-refractivity contribution in [3.05, 3.63) is 41.9 Å². The molecule has 0 saturated heterocycles. The van der Waals surface area contributed by atoms with Gasteiger partial charge in [0, 0.05) is 0 Å². The van der Waals surface area contributed by atoms with Crippen molar-refractivity contribution < 1.29 is 9.84 Å². The Bertz CT molecular complexity index is 294. The highest BCUT2D eigenvalue weighted by Gasteiger charge is 2.04. The van der Waals surface area contributed by atoms with Gasteiger partial charge in [0.25, 0.3) is 0 Å². The number of rotatable bonds is 2. The quantitative estimate of drug-likeness (QED) is 0.395. The van der Waals surface area contributed by atoms with E-state index in [1.54, 1.807) is 24.3 Å². The standard InChI is InChI=1S/C9H9NO2/c1-12-9(11)6-7-3-2-4-8(10)5-7/h2-5H,10H2,1H3/p+1. The predicted octanol–water partition coefficient (Wildman–Crippen LogP) is 1.47. The van der Waals surface area contributed by atoms with Gasteiger partial charge in [0.1, 0.15) is 6.08 Å². The van der Waals surface area contributed by atoms with E-state index in [-0.39, 0.29) is 5.95 Å². The Morgan fingerprint density at radius 2 is 2.33 bits per heavy atom. The lowest BCUT2D eigenvalue weighted by atomic mass is 10.2. The maximum absolute atomic E-state index is 8.94. The van der Waals surface area contributed by atoms with Gasteiger partial charge in [-0.2, -0.15) is 0 Å². The summed E-state index contributed by atoms with van der Waals surface area (Å²) in [6, 6.07) is 7.00. The highest BCUT2D eigenvalue weighted by molar-refractivity contribution is 5.42. The molecule has 0 fully saturated rings. The number of anilines is 1. The van der Waals surface area contributed by atoms with Crippen LogP contribution in [0.2, 0.25) is 0 Å². The Labute approximate surface area is 71.1 Å². The Balaban J connectivity index is 2.89. The molecule has 0 bridgehead atoms. The van der Waals surface area contributed by atoms with Crippen molar-refractivity contribution >= 4 is 5.69 Å². The third kappa shape index (κ3) is 2.15. The SMILES string of the molecule is COC(O)=[C+]c1cccc(N)c1. The van der Waals surface area contributed by atoms with Crippen LogP contribution in [0, 0.1) is 6.08 Å². The van der Waals surface area contributed by atoms with Crippen molar-refractivity contribution in [2.75, 3.05) is 12.8 Å². The molecule has 0 spiro atoms. The predicted molar refractivity (Wildman–Crippen MR) is 46.4 cm³/mol. The summed E-state index contributed by atoms with van der Waals surface area (Å²) in [4.78, 5) is 0. The van der Waals surface area contributed by atoms with Crippen molar-refractivity contribution in [1.82, 2.24) is 0 Å². The zero-order chi connectivity index (χ0) is 8.97. The van der Waals surface area contributed by atoms with Crippen LogP contribution in [0.1, 0.15) is 5.56 Å². The fourth-order valence-electron chi connectivity index (χ4n) is 0.791. The monoisotopic (exact) mass is 164 g/mol. The first-order chi connectivity index (χ1) is 5.72. The zero-order valence-electron chi connectivity index (χ0n) is 6.74. The van der Waals surface area contributed by atoms with Crippen LogP contribution < -0.4 is 5.73 Å². The van der Waals surface area contributed by atoms with Crippen LogP contribution in [0.25, 0.3) is 0 Å². The van der Waals surface area contributed by atoms with E-state index in [1.165, 1.54) is 7.11 Å². The van der Waals surface area contributed by atoms with Gasteiger partial charge < -0.3 is 15.6 Å². The Morgan fingerprint density at radius 1 is 1.58 bits per heavy atom. The number of methoxy groups -OCH3 is 1. The fraction of sp³-hybridized carbons (Fsp3) is 0.111. The largest absolute Gasteiger partial charge is 0.464 e. The van der Waals surface area contributed by atoms with Gasteiger partial charge in [0.2, 0.25) is 0 Å². The normalized spacial score (nSPS) is 10.6. The van der Waals surface area contributed by atoms with Gasteiger partial charge in [0.15, 0.2) is 5.56 Å². The van der Waals surface area contributed by atoms with E-state index in [1.807, 2.05) is 0 Å². The van der Waals surface area contributed by atoms with Crippen LogP contribution in [0.5, 0.6) is 0 Å². The molecule has 0 radical (unpaired) electrons. The van der Waals surface area contributed by atoms with Crippen LogP contribution in [-0.4, -0.2) is 12.2 Å². The molecule has 3 N–H and O–H groups in total. The van der Waals surface area contributed by atoms with Gasteiger partial charge in [-0.1, -0.05) is 0 Å². The summed E-state index contributed by atoms with van der Waals surface area (Å²) in [5, 5.41) is 8.94. The second-order valence-corrected chi connectivity index (χ2v) is 2.26. The summed E-state index contributed by atoms with van der Waals surface area (Å²) in [6.07, 6.45) is 2.60. The first kappa shape index (κ1) is 8.37. The van der Waals surface area contributed by atoms with E-state index in [0.29, 0.717) is 11.3 Å². The highest BCUT2D eigenvalue weighted by atomic mass is 16.6. The fourth-order valence-corrected chi connectivity index (χ4v) is 0.791. The van der Waals surface area contributed by atoms with Crippen molar-refractivity contribution in [3.63, 3.8) is 0 Å². The molecule has 0 aromatic heterocycles. The highest BCUT2D eigenvalue weighted by Crippen LogP contribution is 2.07. The molecule has 0 saturated carbocycles. The van der Waals surface area contributed by atoms with Crippen LogP contribution in [-0.2, 0) is 4.74 Å². The number of nitrogen functional groups attached to an aromatic ring is 1. The summed E-state index contributed by atoms with van der Waals surface area (Å²) in [7, 11) is 1.37. The minimum absolute atomic E-state index is 0.249. The lowest BCUT2D eigenvalue weighted by Gasteiger charge is -1.89. The third-order valence-corrected chi connectivity index (χ3v) is 1.33. The molecule has 0 heterocycles.